The van der Waals surface area contributed by atoms with Crippen LogP contribution in [-0.2, 0) is 17.9 Å². The minimum atomic E-state index is 0.0218. The highest BCUT2D eigenvalue weighted by Gasteiger charge is 2.11. The molecule has 118 valence electrons. The van der Waals surface area contributed by atoms with Gasteiger partial charge in [-0.1, -0.05) is 54.2 Å². The van der Waals surface area contributed by atoms with E-state index in [0.717, 1.165) is 28.3 Å². The van der Waals surface area contributed by atoms with Crippen LogP contribution in [0.2, 0.25) is 0 Å². The van der Waals surface area contributed by atoms with Crippen molar-refractivity contribution in [2.45, 2.75) is 25.2 Å². The van der Waals surface area contributed by atoms with Crippen molar-refractivity contribution >= 4 is 28.7 Å². The SMILES string of the molecule is CCn1c(SCC(=O)NCc2ccccc2)nc2ccccc21. The number of carbonyl (C=O) groups excluding carboxylic acids is 1. The van der Waals surface area contributed by atoms with Crippen molar-refractivity contribution in [1.82, 2.24) is 14.9 Å². The first-order valence-electron chi connectivity index (χ1n) is 7.66. The first-order valence-corrected chi connectivity index (χ1v) is 8.65. The predicted molar refractivity (Wildman–Crippen MR) is 94.4 cm³/mol. The molecule has 0 fully saturated rings. The van der Waals surface area contributed by atoms with Crippen molar-refractivity contribution in [1.29, 1.82) is 0 Å². The Hall–Kier alpha value is -2.27. The molecule has 0 saturated heterocycles. The van der Waals surface area contributed by atoms with E-state index in [1.165, 1.54) is 11.8 Å². The monoisotopic (exact) mass is 325 g/mol. The molecular weight excluding hydrogens is 306 g/mol. The predicted octanol–water partition coefficient (Wildman–Crippen LogP) is 3.46. The second-order valence-corrected chi connectivity index (χ2v) is 6.12. The van der Waals surface area contributed by atoms with E-state index in [1.54, 1.807) is 0 Å². The number of hydrogen-bond acceptors (Lipinski definition) is 3. The van der Waals surface area contributed by atoms with Crippen LogP contribution in [0.3, 0.4) is 0 Å². The number of rotatable bonds is 6. The Morgan fingerprint density at radius 3 is 2.65 bits per heavy atom. The van der Waals surface area contributed by atoms with Gasteiger partial charge in [0.2, 0.25) is 5.91 Å². The molecule has 2 aromatic carbocycles. The van der Waals surface area contributed by atoms with E-state index in [-0.39, 0.29) is 5.91 Å². The largest absolute Gasteiger partial charge is 0.351 e. The zero-order valence-electron chi connectivity index (χ0n) is 13.0. The van der Waals surface area contributed by atoms with E-state index in [4.69, 9.17) is 0 Å². The van der Waals surface area contributed by atoms with Gasteiger partial charge in [0, 0.05) is 13.1 Å². The van der Waals surface area contributed by atoms with Crippen molar-refractivity contribution in [3.63, 3.8) is 0 Å². The Morgan fingerprint density at radius 1 is 1.13 bits per heavy atom. The van der Waals surface area contributed by atoms with Crippen LogP contribution >= 0.6 is 11.8 Å². The van der Waals surface area contributed by atoms with Crippen LogP contribution in [0.25, 0.3) is 11.0 Å². The van der Waals surface area contributed by atoms with Gasteiger partial charge in [0.15, 0.2) is 5.16 Å². The first kappa shape index (κ1) is 15.6. The summed E-state index contributed by atoms with van der Waals surface area (Å²) in [4.78, 5) is 16.7. The molecule has 23 heavy (non-hydrogen) atoms. The van der Waals surface area contributed by atoms with Gasteiger partial charge in [0.1, 0.15) is 0 Å². The molecular formula is C18H19N3OS. The average molecular weight is 325 g/mol. The Labute approximate surface area is 139 Å². The van der Waals surface area contributed by atoms with E-state index in [2.05, 4.69) is 27.9 Å². The molecule has 0 unspecified atom stereocenters. The van der Waals surface area contributed by atoms with Gasteiger partial charge < -0.3 is 9.88 Å². The van der Waals surface area contributed by atoms with Crippen molar-refractivity contribution in [3.8, 4) is 0 Å². The van der Waals surface area contributed by atoms with E-state index in [1.807, 2.05) is 48.5 Å². The van der Waals surface area contributed by atoms with Gasteiger partial charge in [0.05, 0.1) is 16.8 Å². The summed E-state index contributed by atoms with van der Waals surface area (Å²) >= 11 is 1.48. The lowest BCUT2D eigenvalue weighted by Gasteiger charge is -2.07. The zero-order chi connectivity index (χ0) is 16.1. The summed E-state index contributed by atoms with van der Waals surface area (Å²) in [5, 5.41) is 3.84. The molecule has 4 nitrogen and oxygen atoms in total. The zero-order valence-corrected chi connectivity index (χ0v) is 13.8. The summed E-state index contributed by atoms with van der Waals surface area (Å²) in [5.74, 6) is 0.393. The van der Waals surface area contributed by atoms with Crippen LogP contribution in [0.5, 0.6) is 0 Å². The van der Waals surface area contributed by atoms with Crippen molar-refractivity contribution in [2.75, 3.05) is 5.75 Å². The lowest BCUT2D eigenvalue weighted by atomic mass is 10.2. The normalized spacial score (nSPS) is 10.8. The van der Waals surface area contributed by atoms with E-state index in [0.29, 0.717) is 12.3 Å². The van der Waals surface area contributed by atoms with Crippen LogP contribution in [0.4, 0.5) is 0 Å². The molecule has 0 atom stereocenters. The number of hydrogen-bond donors (Lipinski definition) is 1. The Balaban J connectivity index is 1.60. The van der Waals surface area contributed by atoms with E-state index >= 15 is 0 Å². The summed E-state index contributed by atoms with van der Waals surface area (Å²) < 4.78 is 2.14. The van der Waals surface area contributed by atoms with E-state index < -0.39 is 0 Å². The maximum absolute atomic E-state index is 12.0. The molecule has 0 bridgehead atoms. The number of aryl methyl sites for hydroxylation is 1. The fraction of sp³-hybridized carbons (Fsp3) is 0.222. The molecule has 3 aromatic rings. The van der Waals surface area contributed by atoms with Gasteiger partial charge in [-0.05, 0) is 24.6 Å². The number of para-hydroxylation sites is 2. The molecule has 0 aliphatic carbocycles. The third-order valence-corrected chi connectivity index (χ3v) is 4.58. The smallest absolute Gasteiger partial charge is 0.230 e. The molecule has 0 radical (unpaired) electrons. The molecule has 3 rings (SSSR count). The molecule has 1 aromatic heterocycles. The van der Waals surface area contributed by atoms with Crippen LogP contribution < -0.4 is 5.32 Å². The summed E-state index contributed by atoms with van der Waals surface area (Å²) in [6.45, 7) is 3.49. The van der Waals surface area contributed by atoms with Gasteiger partial charge >= 0.3 is 0 Å². The van der Waals surface area contributed by atoms with Crippen LogP contribution in [0, 0.1) is 0 Å². The highest BCUT2D eigenvalue weighted by Crippen LogP contribution is 2.23. The third kappa shape index (κ3) is 3.74. The molecule has 5 heteroatoms. The molecule has 1 N–H and O–H groups in total. The summed E-state index contributed by atoms with van der Waals surface area (Å²) in [7, 11) is 0. The van der Waals surface area contributed by atoms with Crippen LogP contribution in [0.1, 0.15) is 12.5 Å². The number of amides is 1. The molecule has 1 heterocycles. The first-order chi connectivity index (χ1) is 11.3. The number of aromatic nitrogens is 2. The van der Waals surface area contributed by atoms with Crippen LogP contribution in [-0.4, -0.2) is 21.2 Å². The quantitative estimate of drug-likeness (QED) is 0.706. The number of imidazole rings is 1. The highest BCUT2D eigenvalue weighted by molar-refractivity contribution is 7.99. The van der Waals surface area contributed by atoms with Crippen molar-refractivity contribution in [2.24, 2.45) is 0 Å². The third-order valence-electron chi connectivity index (χ3n) is 3.60. The Bertz CT molecular complexity index is 798. The maximum Gasteiger partial charge on any atom is 0.230 e. The number of nitrogens with zero attached hydrogens (tertiary/aromatic N) is 2. The van der Waals surface area contributed by atoms with Gasteiger partial charge in [-0.3, -0.25) is 4.79 Å². The molecule has 0 aliphatic rings. The second-order valence-electron chi connectivity index (χ2n) is 5.18. The molecule has 0 aliphatic heterocycles. The summed E-state index contributed by atoms with van der Waals surface area (Å²) in [6.07, 6.45) is 0. The van der Waals surface area contributed by atoms with Gasteiger partial charge in [-0.25, -0.2) is 4.98 Å². The molecule has 0 spiro atoms. The van der Waals surface area contributed by atoms with Crippen molar-refractivity contribution < 1.29 is 4.79 Å². The topological polar surface area (TPSA) is 46.9 Å². The number of nitrogens with one attached hydrogen (secondary N) is 1. The fourth-order valence-electron chi connectivity index (χ4n) is 2.45. The van der Waals surface area contributed by atoms with Gasteiger partial charge in [-0.15, -0.1) is 0 Å². The fourth-order valence-corrected chi connectivity index (χ4v) is 3.36. The number of carbonyl (C=O) groups is 1. The second kappa shape index (κ2) is 7.33. The standard InChI is InChI=1S/C18H19N3OS/c1-2-21-16-11-7-6-10-15(16)20-18(21)23-13-17(22)19-12-14-8-4-3-5-9-14/h3-11H,2,12-13H2,1H3,(H,19,22). The number of fused-ring (bicyclic) bond motifs is 1. The summed E-state index contributed by atoms with van der Waals surface area (Å²) in [5.41, 5.74) is 3.19. The maximum atomic E-state index is 12.0. The lowest BCUT2D eigenvalue weighted by molar-refractivity contribution is -0.118. The number of benzene rings is 2. The summed E-state index contributed by atoms with van der Waals surface area (Å²) in [6, 6.07) is 18.0. The average Bonchev–Trinajstić information content (AvgIpc) is 2.96. The van der Waals surface area contributed by atoms with Gasteiger partial charge in [0.25, 0.3) is 0 Å². The minimum Gasteiger partial charge on any atom is -0.351 e. The Kier molecular flexibility index (Phi) is 4.98. The Morgan fingerprint density at radius 2 is 1.87 bits per heavy atom. The highest BCUT2D eigenvalue weighted by atomic mass is 32.2. The number of thioether (sulfide) groups is 1. The molecule has 1 amide bonds. The lowest BCUT2D eigenvalue weighted by Crippen LogP contribution is -2.24. The minimum absolute atomic E-state index is 0.0218. The van der Waals surface area contributed by atoms with E-state index in [9.17, 15) is 4.79 Å². The van der Waals surface area contributed by atoms with Crippen LogP contribution in [0.15, 0.2) is 59.8 Å². The van der Waals surface area contributed by atoms with Gasteiger partial charge in [-0.2, -0.15) is 0 Å². The molecule has 0 saturated carbocycles. The van der Waals surface area contributed by atoms with Crippen molar-refractivity contribution in [3.05, 3.63) is 60.2 Å².